The minimum Gasteiger partial charge on any atom is -0.338 e. The van der Waals surface area contributed by atoms with Gasteiger partial charge in [-0.2, -0.15) is 0 Å². The van der Waals surface area contributed by atoms with Crippen molar-refractivity contribution >= 4 is 17.5 Å². The van der Waals surface area contributed by atoms with Gasteiger partial charge < -0.3 is 4.90 Å². The average Bonchev–Trinajstić information content (AvgIpc) is 2.87. The van der Waals surface area contributed by atoms with E-state index in [9.17, 15) is 14.4 Å². The number of rotatable bonds is 3. The highest BCUT2D eigenvalue weighted by Crippen LogP contribution is 2.19. The first-order valence-corrected chi connectivity index (χ1v) is 6.39. The Morgan fingerprint density at radius 1 is 1.05 bits per heavy atom. The van der Waals surface area contributed by atoms with Crippen LogP contribution in [0.5, 0.6) is 0 Å². The fraction of sp³-hybridized carbons (Fsp3) is 0.400. The van der Waals surface area contributed by atoms with E-state index in [2.05, 4.69) is 0 Å². The highest BCUT2D eigenvalue weighted by atomic mass is 16.2. The summed E-state index contributed by atoms with van der Waals surface area (Å²) in [5.41, 5.74) is 1.16. The van der Waals surface area contributed by atoms with Gasteiger partial charge in [-0.05, 0) is 32.4 Å². The predicted molar refractivity (Wildman–Crippen MR) is 71.1 cm³/mol. The molecular weight excluding hydrogens is 242 g/mol. The second-order valence-corrected chi connectivity index (χ2v) is 4.98. The lowest BCUT2D eigenvalue weighted by atomic mass is 10.1. The van der Waals surface area contributed by atoms with Crippen LogP contribution < -0.4 is 0 Å². The molecule has 1 amide bonds. The van der Waals surface area contributed by atoms with Gasteiger partial charge in [0.05, 0.1) is 0 Å². The SMILES string of the molecule is CC(=O)c1ccc(C(=O)N2CCC(C(C)=O)C2)cc1. The molecule has 2 rings (SSSR count). The lowest BCUT2D eigenvalue weighted by Crippen LogP contribution is -2.29. The molecule has 100 valence electrons. The number of amides is 1. The second-order valence-electron chi connectivity index (χ2n) is 4.98. The molecule has 1 fully saturated rings. The number of carbonyl (C=O) groups excluding carboxylic acids is 3. The Labute approximate surface area is 112 Å². The number of nitrogens with zero attached hydrogens (tertiary/aromatic N) is 1. The van der Waals surface area contributed by atoms with Gasteiger partial charge >= 0.3 is 0 Å². The molecule has 4 nitrogen and oxygen atoms in total. The number of benzene rings is 1. The van der Waals surface area contributed by atoms with Crippen LogP contribution in [-0.4, -0.2) is 35.5 Å². The first-order chi connectivity index (χ1) is 8.99. The predicted octanol–water partition coefficient (Wildman–Crippen LogP) is 1.94. The molecule has 1 atom stereocenters. The summed E-state index contributed by atoms with van der Waals surface area (Å²) in [6.07, 6.45) is 0.743. The third-order valence-electron chi connectivity index (χ3n) is 3.59. The maximum absolute atomic E-state index is 12.2. The molecule has 0 bridgehead atoms. The lowest BCUT2D eigenvalue weighted by Gasteiger charge is -2.16. The van der Waals surface area contributed by atoms with Gasteiger partial charge in [0, 0.05) is 30.1 Å². The minimum atomic E-state index is -0.0705. The van der Waals surface area contributed by atoms with E-state index in [-0.39, 0.29) is 23.4 Å². The average molecular weight is 259 g/mol. The molecule has 1 aliphatic heterocycles. The number of ketones is 2. The molecule has 0 N–H and O–H groups in total. The van der Waals surface area contributed by atoms with E-state index < -0.39 is 0 Å². The second kappa shape index (κ2) is 5.34. The van der Waals surface area contributed by atoms with E-state index in [0.717, 1.165) is 6.42 Å². The summed E-state index contributed by atoms with van der Waals surface area (Å²) in [5, 5.41) is 0. The van der Waals surface area contributed by atoms with Gasteiger partial charge in [-0.1, -0.05) is 12.1 Å². The molecule has 0 spiro atoms. The molecule has 0 aliphatic carbocycles. The highest BCUT2D eigenvalue weighted by Gasteiger charge is 2.29. The maximum Gasteiger partial charge on any atom is 0.253 e. The Bertz CT molecular complexity index is 519. The number of hydrogen-bond acceptors (Lipinski definition) is 3. The number of likely N-dealkylation sites (tertiary alicyclic amines) is 1. The first kappa shape index (κ1) is 13.5. The summed E-state index contributed by atoms with van der Waals surface area (Å²) >= 11 is 0. The highest BCUT2D eigenvalue weighted by molar-refractivity contribution is 5.98. The van der Waals surface area contributed by atoms with Crippen LogP contribution in [0.25, 0.3) is 0 Å². The van der Waals surface area contributed by atoms with Crippen molar-refractivity contribution in [2.45, 2.75) is 20.3 Å². The van der Waals surface area contributed by atoms with Gasteiger partial charge in [0.1, 0.15) is 5.78 Å². The molecule has 4 heteroatoms. The maximum atomic E-state index is 12.2. The number of Topliss-reactive ketones (excluding diaryl/α,β-unsaturated/α-hetero) is 2. The van der Waals surface area contributed by atoms with Crippen LogP contribution >= 0.6 is 0 Å². The minimum absolute atomic E-state index is 0.0168. The monoisotopic (exact) mass is 259 g/mol. The summed E-state index contributed by atoms with van der Waals surface area (Å²) in [7, 11) is 0. The zero-order valence-corrected chi connectivity index (χ0v) is 11.2. The molecule has 1 aromatic rings. The largest absolute Gasteiger partial charge is 0.338 e. The molecule has 19 heavy (non-hydrogen) atoms. The molecule has 1 aliphatic rings. The van der Waals surface area contributed by atoms with Crippen molar-refractivity contribution in [2.24, 2.45) is 5.92 Å². The first-order valence-electron chi connectivity index (χ1n) is 6.39. The van der Waals surface area contributed by atoms with Gasteiger partial charge in [-0.3, -0.25) is 14.4 Å². The molecule has 1 heterocycles. The molecular formula is C15H17NO3. The van der Waals surface area contributed by atoms with Crippen molar-refractivity contribution in [3.63, 3.8) is 0 Å². The van der Waals surface area contributed by atoms with Crippen LogP contribution in [-0.2, 0) is 4.79 Å². The van der Waals surface area contributed by atoms with Crippen molar-refractivity contribution in [2.75, 3.05) is 13.1 Å². The number of hydrogen-bond donors (Lipinski definition) is 0. The van der Waals surface area contributed by atoms with Gasteiger partial charge in [-0.15, -0.1) is 0 Å². The topological polar surface area (TPSA) is 54.5 Å². The van der Waals surface area contributed by atoms with Crippen LogP contribution in [0.1, 0.15) is 41.0 Å². The fourth-order valence-corrected chi connectivity index (χ4v) is 2.31. The van der Waals surface area contributed by atoms with Crippen molar-refractivity contribution in [3.8, 4) is 0 Å². The van der Waals surface area contributed by atoms with E-state index in [1.165, 1.54) is 6.92 Å². The Hall–Kier alpha value is -1.97. The Morgan fingerprint density at radius 3 is 2.11 bits per heavy atom. The van der Waals surface area contributed by atoms with E-state index in [4.69, 9.17) is 0 Å². The molecule has 1 saturated heterocycles. The smallest absolute Gasteiger partial charge is 0.253 e. The van der Waals surface area contributed by atoms with E-state index in [1.807, 2.05) is 0 Å². The van der Waals surface area contributed by atoms with E-state index >= 15 is 0 Å². The van der Waals surface area contributed by atoms with E-state index in [0.29, 0.717) is 24.2 Å². The molecule has 0 radical (unpaired) electrons. The third-order valence-corrected chi connectivity index (χ3v) is 3.59. The Kier molecular flexibility index (Phi) is 3.79. The van der Waals surface area contributed by atoms with Gasteiger partial charge in [0.25, 0.3) is 5.91 Å². The van der Waals surface area contributed by atoms with Crippen molar-refractivity contribution in [1.29, 1.82) is 0 Å². The summed E-state index contributed by atoms with van der Waals surface area (Å²) in [6, 6.07) is 6.66. The molecule has 0 aromatic heterocycles. The van der Waals surface area contributed by atoms with E-state index in [1.54, 1.807) is 36.1 Å². The Morgan fingerprint density at radius 2 is 1.63 bits per heavy atom. The number of carbonyl (C=O) groups is 3. The standard InChI is InChI=1S/C15H17NO3/c1-10(17)12-3-5-13(6-4-12)15(19)16-8-7-14(9-16)11(2)18/h3-6,14H,7-9H2,1-2H3. The summed E-state index contributed by atoms with van der Waals surface area (Å²) in [5.74, 6) is 0.0262. The summed E-state index contributed by atoms with van der Waals surface area (Å²) < 4.78 is 0. The van der Waals surface area contributed by atoms with Gasteiger partial charge in [0.15, 0.2) is 5.78 Å². The van der Waals surface area contributed by atoms with Crippen LogP contribution in [0, 0.1) is 5.92 Å². The van der Waals surface area contributed by atoms with Crippen molar-refractivity contribution < 1.29 is 14.4 Å². The van der Waals surface area contributed by atoms with Crippen LogP contribution in [0.4, 0.5) is 0 Å². The zero-order chi connectivity index (χ0) is 14.0. The van der Waals surface area contributed by atoms with Gasteiger partial charge in [-0.25, -0.2) is 0 Å². The lowest BCUT2D eigenvalue weighted by molar-refractivity contribution is -0.120. The third kappa shape index (κ3) is 2.89. The Balaban J connectivity index is 2.08. The van der Waals surface area contributed by atoms with Crippen LogP contribution in [0.2, 0.25) is 0 Å². The summed E-state index contributed by atoms with van der Waals surface area (Å²) in [4.78, 5) is 36.4. The van der Waals surface area contributed by atoms with Crippen molar-refractivity contribution in [3.05, 3.63) is 35.4 Å². The van der Waals surface area contributed by atoms with Crippen LogP contribution in [0.15, 0.2) is 24.3 Å². The fourth-order valence-electron chi connectivity index (χ4n) is 2.31. The zero-order valence-electron chi connectivity index (χ0n) is 11.2. The quantitative estimate of drug-likeness (QED) is 0.779. The van der Waals surface area contributed by atoms with Gasteiger partial charge in [0.2, 0.25) is 0 Å². The molecule has 0 saturated carbocycles. The van der Waals surface area contributed by atoms with Crippen molar-refractivity contribution in [1.82, 2.24) is 4.90 Å². The van der Waals surface area contributed by atoms with Crippen LogP contribution in [0.3, 0.4) is 0 Å². The normalized spacial score (nSPS) is 18.4. The molecule has 1 aromatic carbocycles. The molecule has 1 unspecified atom stereocenters. The summed E-state index contributed by atoms with van der Waals surface area (Å²) in [6.45, 7) is 4.19.